The highest BCUT2D eigenvalue weighted by atomic mass is 16.2. The van der Waals surface area contributed by atoms with Gasteiger partial charge in [0.1, 0.15) is 0 Å². The van der Waals surface area contributed by atoms with E-state index in [-0.39, 0.29) is 11.6 Å². The molecule has 2 heterocycles. The van der Waals surface area contributed by atoms with Crippen LogP contribution in [0.25, 0.3) is 0 Å². The van der Waals surface area contributed by atoms with Gasteiger partial charge in [-0.3, -0.25) is 4.79 Å². The number of aromatic amines is 1. The molecule has 1 aliphatic heterocycles. The summed E-state index contributed by atoms with van der Waals surface area (Å²) in [5, 5.41) is 13.0. The van der Waals surface area contributed by atoms with Crippen LogP contribution < -0.4 is 16.2 Å². The van der Waals surface area contributed by atoms with Crippen molar-refractivity contribution < 1.29 is 4.79 Å². The van der Waals surface area contributed by atoms with Crippen molar-refractivity contribution in [3.63, 3.8) is 0 Å². The highest BCUT2D eigenvalue weighted by Crippen LogP contribution is 2.17. The van der Waals surface area contributed by atoms with Gasteiger partial charge in [0.2, 0.25) is 0 Å². The second-order valence-corrected chi connectivity index (χ2v) is 6.75. The number of aromatic nitrogens is 2. The molecule has 2 aliphatic rings. The lowest BCUT2D eigenvalue weighted by atomic mass is 10.1. The largest absolute Gasteiger partial charge is 0.337 e. The average Bonchev–Trinajstić information content (AvgIpc) is 2.86. The van der Waals surface area contributed by atoms with Crippen molar-refractivity contribution in [1.82, 2.24) is 25.7 Å². The number of rotatable bonds is 4. The molecular weight excluding hydrogens is 306 g/mol. The van der Waals surface area contributed by atoms with Gasteiger partial charge in [0.25, 0.3) is 5.56 Å². The molecule has 2 amide bonds. The quantitative estimate of drug-likeness (QED) is 0.569. The lowest BCUT2D eigenvalue weighted by Gasteiger charge is -2.28. The molecule has 3 N–H and O–H groups in total. The SMILES string of the molecule is O=C(NCCNC1CCCCCC1)N1CCc2n[nH]c(=O)cc2C1. The van der Waals surface area contributed by atoms with Gasteiger partial charge >= 0.3 is 6.03 Å². The molecule has 0 unspecified atom stereocenters. The second-order valence-electron chi connectivity index (χ2n) is 6.75. The minimum Gasteiger partial charge on any atom is -0.337 e. The maximum absolute atomic E-state index is 12.3. The van der Waals surface area contributed by atoms with Gasteiger partial charge in [-0.15, -0.1) is 0 Å². The molecule has 1 fully saturated rings. The van der Waals surface area contributed by atoms with Gasteiger partial charge in [-0.1, -0.05) is 25.7 Å². The summed E-state index contributed by atoms with van der Waals surface area (Å²) >= 11 is 0. The number of nitrogens with zero attached hydrogens (tertiary/aromatic N) is 2. The molecule has 132 valence electrons. The summed E-state index contributed by atoms with van der Waals surface area (Å²) in [6.45, 7) is 2.52. The molecule has 7 nitrogen and oxygen atoms in total. The normalized spacial score (nSPS) is 18.8. The third kappa shape index (κ3) is 4.56. The zero-order valence-corrected chi connectivity index (χ0v) is 14.1. The number of carbonyl (C=O) groups is 1. The lowest BCUT2D eigenvalue weighted by molar-refractivity contribution is 0.191. The molecule has 3 rings (SSSR count). The summed E-state index contributed by atoms with van der Waals surface area (Å²) < 4.78 is 0. The Labute approximate surface area is 142 Å². The maximum atomic E-state index is 12.3. The van der Waals surface area contributed by atoms with E-state index >= 15 is 0 Å². The van der Waals surface area contributed by atoms with Crippen molar-refractivity contribution in [3.05, 3.63) is 27.7 Å². The lowest BCUT2D eigenvalue weighted by Crippen LogP contribution is -2.45. The molecular formula is C17H27N5O2. The summed E-state index contributed by atoms with van der Waals surface area (Å²) in [7, 11) is 0. The zero-order valence-electron chi connectivity index (χ0n) is 14.1. The van der Waals surface area contributed by atoms with Crippen LogP contribution in [0.1, 0.15) is 49.8 Å². The second kappa shape index (κ2) is 8.28. The van der Waals surface area contributed by atoms with Crippen molar-refractivity contribution in [3.8, 4) is 0 Å². The Morgan fingerprint density at radius 3 is 2.83 bits per heavy atom. The molecule has 1 aromatic rings. The number of nitrogens with one attached hydrogen (secondary N) is 3. The van der Waals surface area contributed by atoms with Crippen LogP contribution in [0.2, 0.25) is 0 Å². The van der Waals surface area contributed by atoms with Gasteiger partial charge in [-0.05, 0) is 12.8 Å². The van der Waals surface area contributed by atoms with E-state index in [2.05, 4.69) is 20.8 Å². The van der Waals surface area contributed by atoms with E-state index in [9.17, 15) is 9.59 Å². The Hall–Kier alpha value is -1.89. The Morgan fingerprint density at radius 1 is 1.25 bits per heavy atom. The predicted molar refractivity (Wildman–Crippen MR) is 91.9 cm³/mol. The number of urea groups is 1. The Balaban J connectivity index is 1.40. The van der Waals surface area contributed by atoms with Crippen molar-refractivity contribution in [2.75, 3.05) is 19.6 Å². The smallest absolute Gasteiger partial charge is 0.317 e. The van der Waals surface area contributed by atoms with Gasteiger partial charge in [-0.2, -0.15) is 5.10 Å². The highest BCUT2D eigenvalue weighted by Gasteiger charge is 2.21. The fourth-order valence-corrected chi connectivity index (χ4v) is 3.56. The van der Waals surface area contributed by atoms with Gasteiger partial charge in [0.05, 0.1) is 5.69 Å². The molecule has 1 aliphatic carbocycles. The number of fused-ring (bicyclic) bond motifs is 1. The third-order valence-electron chi connectivity index (χ3n) is 4.93. The summed E-state index contributed by atoms with van der Waals surface area (Å²) in [6.07, 6.45) is 8.50. The van der Waals surface area contributed by atoms with Crippen LogP contribution in [0.5, 0.6) is 0 Å². The van der Waals surface area contributed by atoms with Crippen LogP contribution in [-0.2, 0) is 13.0 Å². The fraction of sp³-hybridized carbons (Fsp3) is 0.706. The highest BCUT2D eigenvalue weighted by molar-refractivity contribution is 5.74. The van der Waals surface area contributed by atoms with Gasteiger partial charge in [-0.25, -0.2) is 9.89 Å². The summed E-state index contributed by atoms with van der Waals surface area (Å²) in [6, 6.07) is 2.07. The molecule has 0 saturated heterocycles. The van der Waals surface area contributed by atoms with E-state index < -0.39 is 0 Å². The van der Waals surface area contributed by atoms with E-state index in [1.165, 1.54) is 44.6 Å². The Morgan fingerprint density at radius 2 is 2.04 bits per heavy atom. The van der Waals surface area contributed by atoms with Crippen LogP contribution in [0.4, 0.5) is 4.79 Å². The van der Waals surface area contributed by atoms with Crippen LogP contribution in [0, 0.1) is 0 Å². The van der Waals surface area contributed by atoms with Gasteiger partial charge in [0.15, 0.2) is 0 Å². The van der Waals surface area contributed by atoms with E-state index in [1.54, 1.807) is 4.90 Å². The number of H-pyrrole nitrogens is 1. The third-order valence-corrected chi connectivity index (χ3v) is 4.93. The summed E-state index contributed by atoms with van der Waals surface area (Å²) in [5.41, 5.74) is 1.51. The molecule has 1 aromatic heterocycles. The van der Waals surface area contributed by atoms with E-state index in [4.69, 9.17) is 0 Å². The zero-order chi connectivity index (χ0) is 16.8. The van der Waals surface area contributed by atoms with Crippen molar-refractivity contribution >= 4 is 6.03 Å². The molecule has 0 radical (unpaired) electrons. The number of amides is 2. The predicted octanol–water partition coefficient (Wildman–Crippen LogP) is 1.15. The summed E-state index contributed by atoms with van der Waals surface area (Å²) in [4.78, 5) is 25.4. The number of hydrogen-bond donors (Lipinski definition) is 3. The van der Waals surface area contributed by atoms with Crippen LogP contribution in [0.15, 0.2) is 10.9 Å². The first-order valence-corrected chi connectivity index (χ1v) is 9.06. The number of hydrogen-bond acceptors (Lipinski definition) is 4. The first kappa shape index (κ1) is 17.0. The molecule has 7 heteroatoms. The molecule has 0 bridgehead atoms. The Kier molecular flexibility index (Phi) is 5.85. The minimum absolute atomic E-state index is 0.0661. The van der Waals surface area contributed by atoms with E-state index in [0.29, 0.717) is 32.1 Å². The first-order chi connectivity index (χ1) is 11.7. The topological polar surface area (TPSA) is 90.1 Å². The Bertz CT molecular complexity index is 607. The minimum atomic E-state index is -0.219. The standard InChI is InChI=1S/C17H27N5O2/c23-16-11-13-12-22(10-7-15(13)20-21-16)17(24)19-9-8-18-14-5-3-1-2-4-6-14/h11,14,18H,1-10,12H2,(H,19,24)(H,21,23). The van der Waals surface area contributed by atoms with Crippen LogP contribution in [-0.4, -0.2) is 46.8 Å². The average molecular weight is 333 g/mol. The van der Waals surface area contributed by atoms with Gasteiger partial charge in [0, 0.05) is 50.3 Å². The van der Waals surface area contributed by atoms with Crippen LogP contribution in [0.3, 0.4) is 0 Å². The molecule has 0 atom stereocenters. The fourth-order valence-electron chi connectivity index (χ4n) is 3.56. The van der Waals surface area contributed by atoms with E-state index in [1.807, 2.05) is 0 Å². The van der Waals surface area contributed by atoms with Crippen LogP contribution >= 0.6 is 0 Å². The van der Waals surface area contributed by atoms with Gasteiger partial charge < -0.3 is 15.5 Å². The van der Waals surface area contributed by atoms with Crippen molar-refractivity contribution in [2.45, 2.75) is 57.5 Å². The number of carbonyl (C=O) groups excluding carboxylic acids is 1. The summed E-state index contributed by atoms with van der Waals surface area (Å²) in [5.74, 6) is 0. The first-order valence-electron chi connectivity index (χ1n) is 9.06. The molecule has 24 heavy (non-hydrogen) atoms. The van der Waals surface area contributed by atoms with Crippen molar-refractivity contribution in [1.29, 1.82) is 0 Å². The van der Waals surface area contributed by atoms with E-state index in [0.717, 1.165) is 17.8 Å². The molecule has 0 aromatic carbocycles. The van der Waals surface area contributed by atoms with Crippen molar-refractivity contribution in [2.24, 2.45) is 0 Å². The molecule has 1 saturated carbocycles. The monoisotopic (exact) mass is 333 g/mol. The maximum Gasteiger partial charge on any atom is 0.317 e. The molecule has 0 spiro atoms.